The SMILES string of the molecule is CCCCCCCCCCCCCCCCCNC(=O)OCC(COP(=O)([O-])OCCBr)Oc1ccon1. The molecule has 38 heavy (non-hydrogen) atoms. The minimum atomic E-state index is -4.51. The number of hydrogen-bond donors (Lipinski definition) is 1. The number of alkyl halides is 1. The summed E-state index contributed by atoms with van der Waals surface area (Å²) in [6.45, 7) is 2.05. The summed E-state index contributed by atoms with van der Waals surface area (Å²) in [7, 11) is -4.51. The third-order valence-corrected chi connectivity index (χ3v) is 7.18. The molecule has 1 amide bonds. The van der Waals surface area contributed by atoms with Crippen molar-refractivity contribution >= 4 is 29.8 Å². The summed E-state index contributed by atoms with van der Waals surface area (Å²) in [5.41, 5.74) is 0. The van der Waals surface area contributed by atoms with Crippen molar-refractivity contribution in [2.75, 3.05) is 31.7 Å². The van der Waals surface area contributed by atoms with E-state index in [1.807, 2.05) is 0 Å². The molecule has 1 rings (SSSR count). The van der Waals surface area contributed by atoms with E-state index < -0.39 is 26.6 Å². The highest BCUT2D eigenvalue weighted by Crippen LogP contribution is 2.38. The molecule has 12 heteroatoms. The Morgan fingerprint density at radius 1 is 0.974 bits per heavy atom. The minimum Gasteiger partial charge on any atom is -0.756 e. The molecule has 0 spiro atoms. The molecule has 0 saturated heterocycles. The molecule has 0 radical (unpaired) electrons. The second-order valence-corrected chi connectivity index (χ2v) is 11.5. The van der Waals surface area contributed by atoms with E-state index in [0.29, 0.717) is 11.9 Å². The topological polar surface area (TPSA) is 132 Å². The highest BCUT2D eigenvalue weighted by molar-refractivity contribution is 9.09. The van der Waals surface area contributed by atoms with Crippen molar-refractivity contribution in [1.82, 2.24) is 10.5 Å². The third-order valence-electron chi connectivity index (χ3n) is 5.90. The number of ether oxygens (including phenoxy) is 2. The second-order valence-electron chi connectivity index (χ2n) is 9.32. The molecule has 0 fully saturated rings. The standard InChI is InChI=1S/C26H48BrN2O8P/c1-2-3-4-5-6-7-8-9-10-11-12-13-14-15-16-19-28-26(30)33-22-24(37-25-17-20-34-29-25)23-36-38(31,32)35-21-18-27/h17,20,24H,2-16,18-19,21-23H2,1H3,(H,28,30)(H,31,32)/p-1. The van der Waals surface area contributed by atoms with E-state index in [9.17, 15) is 14.3 Å². The predicted molar refractivity (Wildman–Crippen MR) is 149 cm³/mol. The molecular formula is C26H47BrN2O8P-. The van der Waals surface area contributed by atoms with Crippen molar-refractivity contribution in [2.45, 2.75) is 109 Å². The maximum Gasteiger partial charge on any atom is 0.407 e. The molecule has 0 bridgehead atoms. The van der Waals surface area contributed by atoms with Gasteiger partial charge in [0.1, 0.15) is 12.9 Å². The van der Waals surface area contributed by atoms with Crippen molar-refractivity contribution < 1.29 is 37.3 Å². The van der Waals surface area contributed by atoms with Crippen LogP contribution >= 0.6 is 23.8 Å². The number of carbonyl (C=O) groups excluding carboxylic acids is 1. The molecule has 0 aromatic carbocycles. The van der Waals surface area contributed by atoms with Crippen LogP contribution in [0.5, 0.6) is 5.88 Å². The van der Waals surface area contributed by atoms with E-state index in [2.05, 4.69) is 37.9 Å². The maximum absolute atomic E-state index is 12.0. The summed E-state index contributed by atoms with van der Waals surface area (Å²) < 4.78 is 36.6. The fourth-order valence-electron chi connectivity index (χ4n) is 3.81. The van der Waals surface area contributed by atoms with Gasteiger partial charge < -0.3 is 33.3 Å². The van der Waals surface area contributed by atoms with E-state index >= 15 is 0 Å². The summed E-state index contributed by atoms with van der Waals surface area (Å²) >= 11 is 3.07. The van der Waals surface area contributed by atoms with Gasteiger partial charge in [-0.1, -0.05) is 113 Å². The molecule has 222 valence electrons. The van der Waals surface area contributed by atoms with Crippen molar-refractivity contribution in [3.05, 3.63) is 12.3 Å². The molecule has 0 aliphatic heterocycles. The Balaban J connectivity index is 2.06. The smallest absolute Gasteiger partial charge is 0.407 e. The summed E-state index contributed by atoms with van der Waals surface area (Å²) in [5, 5.41) is 6.65. The van der Waals surface area contributed by atoms with Crippen LogP contribution in [0.4, 0.5) is 4.79 Å². The number of alkyl carbamates (subject to hydrolysis) is 1. The number of unbranched alkanes of at least 4 members (excludes halogenated alkanes) is 14. The van der Waals surface area contributed by atoms with Crippen LogP contribution in [-0.4, -0.2) is 49.0 Å². The molecule has 10 nitrogen and oxygen atoms in total. The largest absolute Gasteiger partial charge is 0.756 e. The van der Waals surface area contributed by atoms with E-state index in [1.165, 1.54) is 89.4 Å². The van der Waals surface area contributed by atoms with Gasteiger partial charge >= 0.3 is 6.09 Å². The monoisotopic (exact) mass is 625 g/mol. The molecule has 1 heterocycles. The van der Waals surface area contributed by atoms with E-state index in [4.69, 9.17) is 18.5 Å². The van der Waals surface area contributed by atoms with Crippen LogP contribution in [0, 0.1) is 0 Å². The van der Waals surface area contributed by atoms with Crippen molar-refractivity contribution in [3.8, 4) is 5.88 Å². The fraction of sp³-hybridized carbons (Fsp3) is 0.846. The zero-order chi connectivity index (χ0) is 27.7. The Labute approximate surface area is 236 Å². The molecule has 1 N–H and O–H groups in total. The first-order valence-electron chi connectivity index (χ1n) is 14.1. The quantitative estimate of drug-likeness (QED) is 0.0661. The predicted octanol–water partition coefficient (Wildman–Crippen LogP) is 6.92. The first-order chi connectivity index (χ1) is 18.5. The van der Waals surface area contributed by atoms with Crippen LogP contribution < -0.4 is 14.9 Å². The van der Waals surface area contributed by atoms with E-state index in [0.717, 1.165) is 19.3 Å². The number of hydrogen-bond acceptors (Lipinski definition) is 9. The highest BCUT2D eigenvalue weighted by atomic mass is 79.9. The highest BCUT2D eigenvalue weighted by Gasteiger charge is 2.19. The van der Waals surface area contributed by atoms with E-state index in [-0.39, 0.29) is 19.1 Å². The third kappa shape index (κ3) is 20.8. The summed E-state index contributed by atoms with van der Waals surface area (Å²) in [6, 6.07) is 1.45. The minimum absolute atomic E-state index is 0.0617. The molecule has 1 aromatic heterocycles. The molecule has 1 aromatic rings. The Kier molecular flexibility index (Phi) is 21.8. The molecule has 2 atom stereocenters. The molecule has 0 aliphatic rings. The average Bonchev–Trinajstić information content (AvgIpc) is 3.42. The van der Waals surface area contributed by atoms with Gasteiger partial charge in [-0.25, -0.2) is 4.79 Å². The normalized spacial score (nSPS) is 13.7. The lowest BCUT2D eigenvalue weighted by molar-refractivity contribution is -0.226. The number of nitrogens with zero attached hydrogens (tertiary/aromatic N) is 1. The van der Waals surface area contributed by atoms with Crippen LogP contribution in [0.2, 0.25) is 0 Å². The van der Waals surface area contributed by atoms with Crippen LogP contribution in [0.15, 0.2) is 16.9 Å². The number of aromatic nitrogens is 1. The van der Waals surface area contributed by atoms with E-state index in [1.54, 1.807) is 0 Å². The number of carbonyl (C=O) groups is 1. The summed E-state index contributed by atoms with van der Waals surface area (Å²) in [5.74, 6) is 0.113. The maximum atomic E-state index is 12.0. The number of rotatable bonds is 26. The van der Waals surface area contributed by atoms with Crippen LogP contribution in [-0.2, 0) is 18.3 Å². The number of phosphoric acid groups is 1. The molecular weight excluding hydrogens is 579 g/mol. The average molecular weight is 627 g/mol. The fourth-order valence-corrected chi connectivity index (χ4v) is 4.96. The lowest BCUT2D eigenvalue weighted by atomic mass is 10.0. The van der Waals surface area contributed by atoms with Gasteiger partial charge in [-0.15, -0.1) is 0 Å². The van der Waals surface area contributed by atoms with Gasteiger partial charge in [0.05, 0.1) is 13.2 Å². The van der Waals surface area contributed by atoms with Crippen LogP contribution in [0.1, 0.15) is 103 Å². The number of halogens is 1. The Morgan fingerprint density at radius 3 is 2.08 bits per heavy atom. The number of nitrogens with one attached hydrogen (secondary N) is 1. The number of amides is 1. The van der Waals surface area contributed by atoms with Crippen LogP contribution in [0.25, 0.3) is 0 Å². The first kappa shape index (κ1) is 34.9. The van der Waals surface area contributed by atoms with Gasteiger partial charge in [-0.05, 0) is 11.6 Å². The Hall–Kier alpha value is -1.13. The van der Waals surface area contributed by atoms with Gasteiger partial charge in [-0.3, -0.25) is 4.57 Å². The van der Waals surface area contributed by atoms with Crippen molar-refractivity contribution in [2.24, 2.45) is 0 Å². The molecule has 2 unspecified atom stereocenters. The number of phosphoric ester groups is 1. The second kappa shape index (κ2) is 23.7. The zero-order valence-electron chi connectivity index (χ0n) is 22.9. The lowest BCUT2D eigenvalue weighted by Gasteiger charge is -2.25. The zero-order valence-corrected chi connectivity index (χ0v) is 25.4. The molecule has 0 aliphatic carbocycles. The molecule has 0 saturated carbocycles. The Bertz CT molecular complexity index is 726. The van der Waals surface area contributed by atoms with Gasteiger partial charge in [0.2, 0.25) is 0 Å². The van der Waals surface area contributed by atoms with Gasteiger partial charge in [0.25, 0.3) is 13.7 Å². The van der Waals surface area contributed by atoms with Gasteiger partial charge in [0.15, 0.2) is 6.10 Å². The van der Waals surface area contributed by atoms with Gasteiger partial charge in [-0.2, -0.15) is 0 Å². The van der Waals surface area contributed by atoms with Crippen LogP contribution in [0.3, 0.4) is 0 Å². The Morgan fingerprint density at radius 2 is 1.55 bits per heavy atom. The summed E-state index contributed by atoms with van der Waals surface area (Å²) in [4.78, 5) is 23.8. The van der Waals surface area contributed by atoms with Gasteiger partial charge in [0, 0.05) is 17.9 Å². The van der Waals surface area contributed by atoms with Crippen molar-refractivity contribution in [1.29, 1.82) is 0 Å². The van der Waals surface area contributed by atoms with Crippen molar-refractivity contribution in [3.63, 3.8) is 0 Å². The summed E-state index contributed by atoms with van der Waals surface area (Å²) in [6.07, 6.45) is 19.0. The first-order valence-corrected chi connectivity index (χ1v) is 16.7. The lowest BCUT2D eigenvalue weighted by Crippen LogP contribution is -2.34.